The molecule has 2 N–H and O–H groups in total. The highest BCUT2D eigenvalue weighted by molar-refractivity contribution is 5.80. The minimum absolute atomic E-state index is 0.0719. The summed E-state index contributed by atoms with van der Waals surface area (Å²) in [6.07, 6.45) is 4.25. The Morgan fingerprint density at radius 3 is 2.83 bits per heavy atom. The molecule has 0 saturated heterocycles. The summed E-state index contributed by atoms with van der Waals surface area (Å²) in [4.78, 5) is 22.8. The van der Waals surface area contributed by atoms with Gasteiger partial charge in [-0.2, -0.15) is 0 Å². The highest BCUT2D eigenvalue weighted by atomic mass is 16.4. The zero-order valence-corrected chi connectivity index (χ0v) is 10.1. The van der Waals surface area contributed by atoms with E-state index < -0.39 is 5.97 Å². The van der Waals surface area contributed by atoms with Crippen LogP contribution in [0.25, 0.3) is 0 Å². The van der Waals surface area contributed by atoms with Crippen LogP contribution in [0.1, 0.15) is 31.4 Å². The molecule has 2 atom stereocenters. The zero-order valence-electron chi connectivity index (χ0n) is 10.1. The number of nitrogens with one attached hydrogen (secondary N) is 1. The zero-order chi connectivity index (χ0) is 13.0. The van der Waals surface area contributed by atoms with Gasteiger partial charge in [-0.1, -0.05) is 6.42 Å². The molecule has 0 spiro atoms. The Labute approximate surface area is 105 Å². The number of hydrogen-bond acceptors (Lipinski definition) is 3. The molecule has 1 aromatic rings. The van der Waals surface area contributed by atoms with Gasteiger partial charge in [0.15, 0.2) is 0 Å². The first-order valence-electron chi connectivity index (χ1n) is 6.19. The topological polar surface area (TPSA) is 79.5 Å². The van der Waals surface area contributed by atoms with Gasteiger partial charge in [0, 0.05) is 5.92 Å². The van der Waals surface area contributed by atoms with E-state index in [2.05, 4.69) is 5.32 Å². The van der Waals surface area contributed by atoms with Crippen molar-refractivity contribution in [2.24, 2.45) is 11.8 Å². The van der Waals surface area contributed by atoms with E-state index in [0.29, 0.717) is 25.1 Å². The third-order valence-corrected chi connectivity index (χ3v) is 3.41. The Morgan fingerprint density at radius 2 is 2.17 bits per heavy atom. The third-order valence-electron chi connectivity index (χ3n) is 3.41. The number of hydrogen-bond donors (Lipinski definition) is 2. The van der Waals surface area contributed by atoms with E-state index in [1.807, 2.05) is 0 Å². The molecule has 1 aromatic heterocycles. The molecule has 0 aromatic carbocycles. The fourth-order valence-electron chi connectivity index (χ4n) is 2.38. The number of carboxylic acids is 1. The molecule has 0 aliphatic heterocycles. The first-order chi connectivity index (χ1) is 8.66. The molecule has 0 unspecified atom stereocenters. The van der Waals surface area contributed by atoms with Crippen LogP contribution in [-0.2, 0) is 16.1 Å². The number of carbonyl (C=O) groups is 2. The van der Waals surface area contributed by atoms with E-state index in [9.17, 15) is 9.59 Å². The molecular formula is C13H17NO4. The summed E-state index contributed by atoms with van der Waals surface area (Å²) in [5.41, 5.74) is 0. The number of furan rings is 1. The molecule has 2 rings (SSSR count). The van der Waals surface area contributed by atoms with Crippen LogP contribution in [0.3, 0.4) is 0 Å². The number of carbonyl (C=O) groups excluding carboxylic acids is 1. The van der Waals surface area contributed by atoms with Gasteiger partial charge < -0.3 is 14.8 Å². The summed E-state index contributed by atoms with van der Waals surface area (Å²) in [5.74, 6) is -0.724. The lowest BCUT2D eigenvalue weighted by atomic mass is 9.81. The number of carboxylic acid groups (broad SMARTS) is 1. The average molecular weight is 251 g/mol. The second-order valence-electron chi connectivity index (χ2n) is 4.70. The van der Waals surface area contributed by atoms with Crippen molar-refractivity contribution in [3.8, 4) is 0 Å². The van der Waals surface area contributed by atoms with Crippen molar-refractivity contribution in [1.29, 1.82) is 0 Å². The van der Waals surface area contributed by atoms with E-state index >= 15 is 0 Å². The van der Waals surface area contributed by atoms with Crippen molar-refractivity contribution in [2.75, 3.05) is 0 Å². The normalized spacial score (nSPS) is 23.6. The second kappa shape index (κ2) is 5.71. The molecule has 0 radical (unpaired) electrons. The Bertz CT molecular complexity index is 413. The molecule has 1 heterocycles. The van der Waals surface area contributed by atoms with Crippen molar-refractivity contribution in [3.05, 3.63) is 24.2 Å². The molecule has 1 aliphatic rings. The van der Waals surface area contributed by atoms with Crippen LogP contribution in [0.5, 0.6) is 0 Å². The molecule has 1 aliphatic carbocycles. The fourth-order valence-corrected chi connectivity index (χ4v) is 2.38. The standard InChI is InChI=1S/C13H17NO4/c15-12(14-8-11-5-2-6-18-11)9-3-1-4-10(7-9)13(16)17/h2,5-6,9-10H,1,3-4,7-8H2,(H,14,15)(H,16,17)/t9-,10-/m1/s1. The highest BCUT2D eigenvalue weighted by Gasteiger charge is 2.30. The van der Waals surface area contributed by atoms with Gasteiger partial charge >= 0.3 is 5.97 Å². The van der Waals surface area contributed by atoms with Crippen LogP contribution in [0.15, 0.2) is 22.8 Å². The van der Waals surface area contributed by atoms with Crippen LogP contribution >= 0.6 is 0 Å². The lowest BCUT2D eigenvalue weighted by Crippen LogP contribution is -2.35. The van der Waals surface area contributed by atoms with Crippen molar-refractivity contribution in [3.63, 3.8) is 0 Å². The molecule has 1 amide bonds. The first-order valence-corrected chi connectivity index (χ1v) is 6.19. The summed E-state index contributed by atoms with van der Waals surface area (Å²) in [6, 6.07) is 3.56. The maximum atomic E-state index is 11.9. The van der Waals surface area contributed by atoms with Crippen molar-refractivity contribution < 1.29 is 19.1 Å². The molecule has 5 heteroatoms. The second-order valence-corrected chi connectivity index (χ2v) is 4.70. The van der Waals surface area contributed by atoms with Crippen LogP contribution in [0, 0.1) is 11.8 Å². The number of aliphatic carboxylic acids is 1. The fraction of sp³-hybridized carbons (Fsp3) is 0.538. The summed E-state index contributed by atoms with van der Waals surface area (Å²) in [7, 11) is 0. The van der Waals surface area contributed by atoms with Gasteiger partial charge in [0.1, 0.15) is 5.76 Å². The van der Waals surface area contributed by atoms with Crippen LogP contribution in [0.4, 0.5) is 0 Å². The van der Waals surface area contributed by atoms with E-state index in [1.54, 1.807) is 18.4 Å². The van der Waals surface area contributed by atoms with E-state index in [-0.39, 0.29) is 17.7 Å². The summed E-state index contributed by atoms with van der Waals surface area (Å²) >= 11 is 0. The van der Waals surface area contributed by atoms with Gasteiger partial charge in [0.2, 0.25) is 5.91 Å². The maximum absolute atomic E-state index is 11.9. The summed E-state index contributed by atoms with van der Waals surface area (Å²) < 4.78 is 5.12. The maximum Gasteiger partial charge on any atom is 0.306 e. The van der Waals surface area contributed by atoms with E-state index in [4.69, 9.17) is 9.52 Å². The third kappa shape index (κ3) is 3.12. The molecule has 0 bridgehead atoms. The van der Waals surface area contributed by atoms with Gasteiger partial charge in [-0.15, -0.1) is 0 Å². The Balaban J connectivity index is 1.83. The number of amides is 1. The summed E-state index contributed by atoms with van der Waals surface area (Å²) in [6.45, 7) is 0.361. The SMILES string of the molecule is O=C(O)[C@@H]1CCC[C@@H](C(=O)NCc2ccco2)C1. The smallest absolute Gasteiger partial charge is 0.306 e. The van der Waals surface area contributed by atoms with Crippen LogP contribution in [0.2, 0.25) is 0 Å². The van der Waals surface area contributed by atoms with Gasteiger partial charge in [0.25, 0.3) is 0 Å². The first kappa shape index (κ1) is 12.7. The van der Waals surface area contributed by atoms with Crippen molar-refractivity contribution >= 4 is 11.9 Å². The summed E-state index contributed by atoms with van der Waals surface area (Å²) in [5, 5.41) is 11.8. The number of rotatable bonds is 4. The predicted octanol–water partition coefficient (Wildman–Crippen LogP) is 1.79. The Hall–Kier alpha value is -1.78. The molecule has 1 saturated carbocycles. The van der Waals surface area contributed by atoms with Crippen LogP contribution in [-0.4, -0.2) is 17.0 Å². The average Bonchev–Trinajstić information content (AvgIpc) is 2.89. The van der Waals surface area contributed by atoms with Crippen LogP contribution < -0.4 is 5.32 Å². The largest absolute Gasteiger partial charge is 0.481 e. The van der Waals surface area contributed by atoms with Gasteiger partial charge in [0.05, 0.1) is 18.7 Å². The molecule has 5 nitrogen and oxygen atoms in total. The molecule has 18 heavy (non-hydrogen) atoms. The van der Waals surface area contributed by atoms with Crippen molar-refractivity contribution in [1.82, 2.24) is 5.32 Å². The molecule has 98 valence electrons. The minimum atomic E-state index is -0.793. The van der Waals surface area contributed by atoms with E-state index in [1.165, 1.54) is 0 Å². The lowest BCUT2D eigenvalue weighted by molar-refractivity contribution is -0.144. The minimum Gasteiger partial charge on any atom is -0.481 e. The molecular weight excluding hydrogens is 234 g/mol. The Morgan fingerprint density at radius 1 is 1.39 bits per heavy atom. The monoisotopic (exact) mass is 251 g/mol. The Kier molecular flexibility index (Phi) is 4.02. The lowest BCUT2D eigenvalue weighted by Gasteiger charge is -2.25. The van der Waals surface area contributed by atoms with E-state index in [0.717, 1.165) is 12.8 Å². The predicted molar refractivity (Wildman–Crippen MR) is 63.6 cm³/mol. The van der Waals surface area contributed by atoms with Crippen molar-refractivity contribution in [2.45, 2.75) is 32.2 Å². The molecule has 1 fully saturated rings. The highest BCUT2D eigenvalue weighted by Crippen LogP contribution is 2.29. The van der Waals surface area contributed by atoms with Gasteiger partial charge in [-0.25, -0.2) is 0 Å². The van der Waals surface area contributed by atoms with Gasteiger partial charge in [-0.05, 0) is 31.4 Å². The quantitative estimate of drug-likeness (QED) is 0.855. The van der Waals surface area contributed by atoms with Gasteiger partial charge in [-0.3, -0.25) is 9.59 Å².